The summed E-state index contributed by atoms with van der Waals surface area (Å²) in [6.07, 6.45) is 9.11. The number of Topliss-reactive ketones (excluding diaryl/α,β-unsaturated/α-hetero) is 1. The Bertz CT molecular complexity index is 1840. The van der Waals surface area contributed by atoms with Crippen LogP contribution in [0.4, 0.5) is 0 Å². The first kappa shape index (κ1) is 88.7. The van der Waals surface area contributed by atoms with Crippen molar-refractivity contribution in [1.82, 2.24) is 0 Å². The molecule has 0 spiro atoms. The molecule has 0 rings (SSSR count). The molecule has 6 nitrogen and oxygen atoms in total. The summed E-state index contributed by atoms with van der Waals surface area (Å²) in [4.78, 5) is 15.5. The molecule has 0 saturated carbocycles. The summed E-state index contributed by atoms with van der Waals surface area (Å²) in [6, 6.07) is 11.7. The summed E-state index contributed by atoms with van der Waals surface area (Å²) in [5.74, 6) is 0.172. The monoisotopic (exact) mass is 1470 g/mol. The van der Waals surface area contributed by atoms with Crippen molar-refractivity contribution < 1.29 is 27.6 Å². The summed E-state index contributed by atoms with van der Waals surface area (Å²) in [5.41, 5.74) is 0. The second kappa shape index (κ2) is 33.3. The van der Waals surface area contributed by atoms with Crippen LogP contribution in [-0.2, 0) is 22.5 Å². The predicted octanol–water partition coefficient (Wildman–Crippen LogP) is 21.9. The molecule has 0 aromatic carbocycles. The lowest BCUT2D eigenvalue weighted by molar-refractivity contribution is -0.122. The summed E-state index contributed by atoms with van der Waals surface area (Å²) in [7, 11) is -22.9. The molecule has 5 atom stereocenters. The average Bonchev–Trinajstić information content (AvgIpc) is 0.821. The first-order chi connectivity index (χ1) is 38.6. The van der Waals surface area contributed by atoms with Crippen LogP contribution in [0.25, 0.3) is 0 Å². The molecule has 0 heterocycles. The van der Waals surface area contributed by atoms with E-state index in [9.17, 15) is 5.11 Å². The molecule has 0 aromatic rings. The van der Waals surface area contributed by atoms with E-state index >= 15 is 4.79 Å². The zero-order chi connectivity index (χ0) is 68.4. The Hall–Kier alpha value is 2.68. The number of ketones is 1. The van der Waals surface area contributed by atoms with Crippen molar-refractivity contribution in [2.75, 3.05) is 0 Å². The highest BCUT2D eigenvalue weighted by Crippen LogP contribution is 2.53. The third kappa shape index (κ3) is 18.5. The zero-order valence-electron chi connectivity index (χ0n) is 65.6. The zero-order valence-corrected chi connectivity index (χ0v) is 81.6. The third-order valence-corrected chi connectivity index (χ3v) is 296. The van der Waals surface area contributed by atoms with Crippen LogP contribution in [0.3, 0.4) is 0 Å². The lowest BCUT2D eigenvalue weighted by Gasteiger charge is -2.65. The Balaban J connectivity index is 9.16. The SMILES string of the molecule is C=CC[C@H](CC(=O)C[C@@H](O)C[C@H](C[C@H](C[C@H](CCCCC)O[Si]([Si](C)(C)C)([Si](C)(C)C)[Si](C)(C)C)O[Si]([Si](C)(C)C)([Si](C)(C)C)[Si](C)(C)C)O[Si]([Si](C)(C)C)([Si](C)(C)C)[Si](C)(C)C)O[Si]([Si](CC)(CC)CC)([Si](CC)(CC)CC)[Si](CC)(CC)CC. The van der Waals surface area contributed by atoms with Gasteiger partial charge in [0.25, 0.3) is 0 Å². The van der Waals surface area contributed by atoms with Gasteiger partial charge < -0.3 is 22.8 Å². The Kier molecular flexibility index (Phi) is 34.3. The molecule has 0 aliphatic heterocycles. The minimum Gasteiger partial charge on any atom is -0.423 e. The lowest BCUT2D eigenvalue weighted by Crippen LogP contribution is -2.90. The van der Waals surface area contributed by atoms with E-state index in [1.54, 1.807) is 0 Å². The molecule has 0 bridgehead atoms. The van der Waals surface area contributed by atoms with E-state index in [-0.39, 0.29) is 36.6 Å². The van der Waals surface area contributed by atoms with E-state index < -0.39 is 125 Å². The minimum atomic E-state index is -2.46. The summed E-state index contributed by atoms with van der Waals surface area (Å²) >= 11 is 0. The molecule has 86 heavy (non-hydrogen) atoms. The molecule has 0 aliphatic rings. The Morgan fingerprint density at radius 2 is 0.593 bits per heavy atom. The number of aliphatic hydroxyl groups excluding tert-OH is 1. The molecule has 0 fully saturated rings. The van der Waals surface area contributed by atoms with Gasteiger partial charge in [-0.15, -0.1) is 6.58 Å². The number of carbonyl (C=O) groups excluding carboxylic acids is 1. The van der Waals surface area contributed by atoms with Crippen molar-refractivity contribution in [3.63, 3.8) is 0 Å². The Labute approximate surface area is 555 Å². The van der Waals surface area contributed by atoms with Crippen LogP contribution in [0.15, 0.2) is 12.7 Å². The van der Waals surface area contributed by atoms with Crippen molar-refractivity contribution in [3.05, 3.63) is 12.7 Å². The quantitative estimate of drug-likeness (QED) is 0.0372. The van der Waals surface area contributed by atoms with Crippen LogP contribution in [0, 0.1) is 0 Å². The van der Waals surface area contributed by atoms with E-state index in [1.807, 2.05) is 0 Å². The van der Waals surface area contributed by atoms with Gasteiger partial charge in [-0.2, -0.15) is 0 Å². The van der Waals surface area contributed by atoms with Gasteiger partial charge in [-0.1, -0.05) is 326 Å². The van der Waals surface area contributed by atoms with Crippen LogP contribution in [0.2, 0.25) is 231 Å². The highest BCUT2D eigenvalue weighted by atomic mass is 30.0. The fourth-order valence-electron chi connectivity index (χ4n) is 22.4. The van der Waals surface area contributed by atoms with E-state index in [0.29, 0.717) is 19.3 Å². The fourth-order valence-corrected chi connectivity index (χ4v) is 405. The molecule has 0 amide bonds. The predicted molar refractivity (Wildman–Crippen MR) is 437 cm³/mol. The molecule has 22 heteroatoms. The Morgan fingerprint density at radius 1 is 0.349 bits per heavy atom. The van der Waals surface area contributed by atoms with Crippen LogP contribution < -0.4 is 0 Å². The number of carbonyl (C=O) groups is 1. The Morgan fingerprint density at radius 3 is 0.837 bits per heavy atom. The minimum absolute atomic E-state index is 0.0385. The van der Waals surface area contributed by atoms with Crippen molar-refractivity contribution in [3.8, 4) is 0 Å². The molecule has 0 saturated heterocycles. The highest BCUT2D eigenvalue weighted by molar-refractivity contribution is 7.90. The molecule has 0 aromatic heterocycles. The van der Waals surface area contributed by atoms with E-state index in [4.69, 9.17) is 17.7 Å². The van der Waals surface area contributed by atoms with E-state index in [0.717, 1.165) is 19.3 Å². The lowest BCUT2D eigenvalue weighted by atomic mass is 9.97. The van der Waals surface area contributed by atoms with Crippen molar-refractivity contribution in [2.45, 2.75) is 395 Å². The van der Waals surface area contributed by atoms with Gasteiger partial charge in [0.05, 0.1) is 103 Å². The van der Waals surface area contributed by atoms with Gasteiger partial charge in [-0.3, -0.25) is 4.79 Å². The molecule has 0 unspecified atom stereocenters. The first-order valence-corrected chi connectivity index (χ1v) is 95.1. The average molecular weight is 1470 g/mol. The maximum absolute atomic E-state index is 15.5. The van der Waals surface area contributed by atoms with Gasteiger partial charge >= 0.3 is 0 Å². The maximum atomic E-state index is 15.5. The number of unbranched alkanes of at least 4 members (excludes halogenated alkanes) is 2. The van der Waals surface area contributed by atoms with Crippen LogP contribution in [-0.4, -0.2) is 160 Å². The topological polar surface area (TPSA) is 74.2 Å². The van der Waals surface area contributed by atoms with Crippen LogP contribution in [0.1, 0.15) is 133 Å². The maximum Gasteiger partial charge on any atom is 0.160 e. The molecule has 0 radical (unpaired) electrons. The number of hydrogen-bond donors (Lipinski definition) is 1. The second-order valence-electron chi connectivity index (χ2n) is 37.3. The largest absolute Gasteiger partial charge is 0.423 e. The summed E-state index contributed by atoms with van der Waals surface area (Å²) < 4.78 is 34.6. The molecule has 1 N–H and O–H groups in total. The van der Waals surface area contributed by atoms with Crippen molar-refractivity contribution in [2.24, 2.45) is 0 Å². The smallest absolute Gasteiger partial charge is 0.160 e. The second-order valence-corrected chi connectivity index (χ2v) is 192. The highest BCUT2D eigenvalue weighted by Gasteiger charge is 2.73. The molecule has 0 aliphatic carbocycles. The van der Waals surface area contributed by atoms with Gasteiger partial charge in [0.1, 0.15) is 5.78 Å². The standard InChI is InChI=1S/C64H158O6Si16/c1-39-50-51-53-62(67-83(71(12,13)14,72(15,16)17)73(18,19)20)57-64(70-85(77(30,31)32,78(33,34)35)79(36,37)38)58-63(69-84(74(21,22)23,75(24,25)26)76(27,28)29)56-60(66)54-59(65)55-61(52-40-2)68-86(80(41-3,42-4)43-5,81(44-6,45-7)46-8)82(47-9,48-10)49-11/h40,60-64,66H,2,39,41-58H2,1,3-38H3/t60-,61-,62+,63-,64+/m1/s1. The van der Waals surface area contributed by atoms with Gasteiger partial charge in [0, 0.05) is 31.2 Å². The van der Waals surface area contributed by atoms with E-state index in [2.05, 4.69) is 259 Å². The van der Waals surface area contributed by atoms with Crippen molar-refractivity contribution >= 4 is 124 Å². The van der Waals surface area contributed by atoms with Gasteiger partial charge in [-0.25, -0.2) is 0 Å². The summed E-state index contributed by atoms with van der Waals surface area (Å²) in [6.45, 7) is 92.6. The molecular weight excluding hydrogens is 1310 g/mol. The first-order valence-electron chi connectivity index (χ1n) is 36.1. The van der Waals surface area contributed by atoms with E-state index in [1.165, 1.54) is 73.7 Å². The summed E-state index contributed by atoms with van der Waals surface area (Å²) in [5, 5.41) is 13.2. The normalized spacial score (nSPS) is 17.0. The molecular formula is C64H158O6Si16. The number of rotatable bonds is 45. The van der Waals surface area contributed by atoms with Crippen LogP contribution in [0.5, 0.6) is 0 Å². The fraction of sp³-hybridized carbons (Fsp3) is 0.953. The van der Waals surface area contributed by atoms with Gasteiger partial charge in [-0.05, 0) is 32.1 Å². The number of aliphatic hydroxyl groups is 1. The molecule has 514 valence electrons. The van der Waals surface area contributed by atoms with Gasteiger partial charge in [0.15, 0.2) is 27.5 Å². The third-order valence-electron chi connectivity index (χ3n) is 23.3. The number of hydrogen-bond acceptors (Lipinski definition) is 6. The van der Waals surface area contributed by atoms with Crippen molar-refractivity contribution in [1.29, 1.82) is 0 Å². The van der Waals surface area contributed by atoms with Crippen LogP contribution >= 0.6 is 0 Å². The van der Waals surface area contributed by atoms with Gasteiger partial charge in [0.2, 0.25) is 0 Å².